The van der Waals surface area contributed by atoms with E-state index in [-0.39, 0.29) is 11.5 Å². The standard InChI is InChI=1S/C28H30N2O4/c31-19-9-13-29-11-1-3-15-5-7-17(21(19)25(15)29)23-27(33)24(28(23)34)18-8-6-16-4-2-12-30-14-10-20(32)22(18)26(16)30/h5-8,19-20,31-34H,1-4,9-14H2. The van der Waals surface area contributed by atoms with Crippen LogP contribution in [0.3, 0.4) is 0 Å². The molecule has 34 heavy (non-hydrogen) atoms. The molecule has 5 aliphatic rings. The van der Waals surface area contributed by atoms with Gasteiger partial charge < -0.3 is 30.2 Å². The van der Waals surface area contributed by atoms with E-state index in [1.165, 1.54) is 11.1 Å². The number of rotatable bonds is 2. The first-order valence-corrected chi connectivity index (χ1v) is 12.6. The fourth-order valence-electron chi connectivity index (χ4n) is 6.93. The lowest BCUT2D eigenvalue weighted by Gasteiger charge is -2.41. The summed E-state index contributed by atoms with van der Waals surface area (Å²) in [6, 6.07) is 8.04. The van der Waals surface area contributed by atoms with Crippen molar-refractivity contribution in [3.63, 3.8) is 0 Å². The molecule has 6 nitrogen and oxygen atoms in total. The summed E-state index contributed by atoms with van der Waals surface area (Å²) < 4.78 is 0. The smallest absolute Gasteiger partial charge is 0.138 e. The van der Waals surface area contributed by atoms with Gasteiger partial charge in [0.15, 0.2) is 0 Å². The normalized spacial score (nSPS) is 25.2. The Bertz CT molecular complexity index is 1180. The molecule has 0 spiro atoms. The van der Waals surface area contributed by atoms with Gasteiger partial charge in [0.05, 0.1) is 23.4 Å². The van der Waals surface area contributed by atoms with Gasteiger partial charge in [0, 0.05) is 48.7 Å². The van der Waals surface area contributed by atoms with Gasteiger partial charge in [-0.1, -0.05) is 24.3 Å². The monoisotopic (exact) mass is 458 g/mol. The molecule has 4 aliphatic heterocycles. The summed E-state index contributed by atoms with van der Waals surface area (Å²) >= 11 is 0. The lowest BCUT2D eigenvalue weighted by atomic mass is 9.76. The molecule has 4 N–H and O–H groups in total. The minimum atomic E-state index is -0.614. The van der Waals surface area contributed by atoms with E-state index in [1.807, 2.05) is 12.1 Å². The van der Waals surface area contributed by atoms with Crippen LogP contribution in [0, 0.1) is 0 Å². The molecule has 0 bridgehead atoms. The predicted molar refractivity (Wildman–Crippen MR) is 132 cm³/mol. The number of anilines is 2. The van der Waals surface area contributed by atoms with Crippen LogP contribution < -0.4 is 9.80 Å². The first-order chi connectivity index (χ1) is 16.5. The summed E-state index contributed by atoms with van der Waals surface area (Å²) in [5.41, 5.74) is 8.52. The van der Waals surface area contributed by atoms with E-state index in [0.717, 1.165) is 74.4 Å². The maximum Gasteiger partial charge on any atom is 0.138 e. The largest absolute Gasteiger partial charge is 0.506 e. The van der Waals surface area contributed by atoms with Gasteiger partial charge in [-0.25, -0.2) is 0 Å². The maximum absolute atomic E-state index is 11.3. The van der Waals surface area contributed by atoms with Gasteiger partial charge >= 0.3 is 0 Å². The Morgan fingerprint density at radius 2 is 1.06 bits per heavy atom. The number of benzene rings is 2. The Morgan fingerprint density at radius 1 is 0.618 bits per heavy atom. The summed E-state index contributed by atoms with van der Waals surface area (Å²) in [6.07, 6.45) is 4.23. The second-order valence-corrected chi connectivity index (χ2v) is 10.3. The molecule has 1 aliphatic carbocycles. The van der Waals surface area contributed by atoms with Gasteiger partial charge in [-0.3, -0.25) is 0 Å². The highest BCUT2D eigenvalue weighted by atomic mass is 16.3. The van der Waals surface area contributed by atoms with E-state index in [9.17, 15) is 20.4 Å². The van der Waals surface area contributed by atoms with Crippen LogP contribution in [0.15, 0.2) is 35.8 Å². The van der Waals surface area contributed by atoms with E-state index < -0.39 is 12.2 Å². The van der Waals surface area contributed by atoms with Crippen LogP contribution in [0.1, 0.15) is 71.3 Å². The van der Waals surface area contributed by atoms with Crippen LogP contribution in [0.2, 0.25) is 0 Å². The van der Waals surface area contributed by atoms with Crippen molar-refractivity contribution in [1.29, 1.82) is 0 Å². The van der Waals surface area contributed by atoms with Crippen LogP contribution in [-0.2, 0) is 12.8 Å². The zero-order valence-electron chi connectivity index (χ0n) is 19.2. The third-order valence-electron chi connectivity index (χ3n) is 8.48. The number of allylic oxidation sites excluding steroid dienone is 2. The van der Waals surface area contributed by atoms with Crippen molar-refractivity contribution in [3.05, 3.63) is 69.2 Å². The van der Waals surface area contributed by atoms with Crippen LogP contribution in [-0.4, -0.2) is 46.6 Å². The summed E-state index contributed by atoms with van der Waals surface area (Å²) in [6.45, 7) is 3.60. The van der Waals surface area contributed by atoms with Gasteiger partial charge in [-0.05, 0) is 60.8 Å². The molecule has 2 aromatic carbocycles. The number of aliphatic hydroxyl groups excluding tert-OH is 4. The Morgan fingerprint density at radius 3 is 1.50 bits per heavy atom. The first-order valence-electron chi connectivity index (χ1n) is 12.6. The zero-order valence-corrected chi connectivity index (χ0v) is 19.2. The van der Waals surface area contributed by atoms with E-state index in [4.69, 9.17) is 0 Å². The second-order valence-electron chi connectivity index (χ2n) is 10.3. The Kier molecular flexibility index (Phi) is 4.36. The zero-order chi connectivity index (χ0) is 23.1. The Labute approximate surface area is 199 Å². The highest BCUT2D eigenvalue weighted by Crippen LogP contribution is 2.53. The molecule has 0 fully saturated rings. The summed E-state index contributed by atoms with van der Waals surface area (Å²) in [5, 5.41) is 44.5. The molecule has 0 saturated heterocycles. The molecule has 2 aromatic rings. The molecule has 176 valence electrons. The molecule has 0 aromatic heterocycles. The first kappa shape index (κ1) is 20.4. The number of hydrogen-bond donors (Lipinski definition) is 4. The van der Waals surface area contributed by atoms with Gasteiger partial charge in [0.1, 0.15) is 11.5 Å². The SMILES string of the molecule is OC1=C(c2ccc3c4c2C(O)CCN4CCC3)C(O)=C1c1ccc2c3c1C(O)CCN3CCC2. The predicted octanol–water partition coefficient (Wildman–Crippen LogP) is 4.32. The highest BCUT2D eigenvalue weighted by Gasteiger charge is 2.40. The van der Waals surface area contributed by atoms with E-state index in [0.29, 0.717) is 35.1 Å². The molecule has 0 radical (unpaired) electrons. The van der Waals surface area contributed by atoms with Crippen LogP contribution in [0.5, 0.6) is 0 Å². The maximum atomic E-state index is 11.3. The quantitative estimate of drug-likeness (QED) is 0.536. The number of nitrogens with zero attached hydrogens (tertiary/aromatic N) is 2. The number of aryl methyl sites for hydroxylation is 2. The molecule has 0 amide bonds. The average molecular weight is 459 g/mol. The van der Waals surface area contributed by atoms with Crippen molar-refractivity contribution in [2.75, 3.05) is 36.0 Å². The van der Waals surface area contributed by atoms with Crippen molar-refractivity contribution in [3.8, 4) is 0 Å². The molecule has 0 saturated carbocycles. The highest BCUT2D eigenvalue weighted by molar-refractivity contribution is 6.08. The molecule has 2 unspecified atom stereocenters. The second kappa shape index (κ2) is 7.27. The van der Waals surface area contributed by atoms with Crippen molar-refractivity contribution in [2.24, 2.45) is 0 Å². The van der Waals surface area contributed by atoms with Crippen LogP contribution >= 0.6 is 0 Å². The van der Waals surface area contributed by atoms with Crippen molar-refractivity contribution >= 4 is 22.5 Å². The average Bonchev–Trinajstić information content (AvgIpc) is 2.85. The topological polar surface area (TPSA) is 87.4 Å². The van der Waals surface area contributed by atoms with Crippen LogP contribution in [0.4, 0.5) is 11.4 Å². The molecule has 4 heterocycles. The van der Waals surface area contributed by atoms with Crippen molar-refractivity contribution in [1.82, 2.24) is 0 Å². The Balaban J connectivity index is 1.36. The molecular formula is C28H30N2O4. The fourth-order valence-corrected chi connectivity index (χ4v) is 6.93. The Hall–Kier alpha value is -2.96. The molecule has 7 rings (SSSR count). The fraction of sp³-hybridized carbons (Fsp3) is 0.429. The molecular weight excluding hydrogens is 428 g/mol. The third-order valence-corrected chi connectivity index (χ3v) is 8.48. The lowest BCUT2D eigenvalue weighted by Crippen LogP contribution is -2.37. The molecule has 2 atom stereocenters. The van der Waals surface area contributed by atoms with Crippen LogP contribution in [0.25, 0.3) is 11.1 Å². The van der Waals surface area contributed by atoms with E-state index in [1.54, 1.807) is 0 Å². The number of hydrogen-bond acceptors (Lipinski definition) is 6. The third kappa shape index (κ3) is 2.64. The van der Waals surface area contributed by atoms with E-state index in [2.05, 4.69) is 21.9 Å². The minimum absolute atomic E-state index is 0.0464. The number of aliphatic hydroxyl groups is 4. The minimum Gasteiger partial charge on any atom is -0.506 e. The van der Waals surface area contributed by atoms with Gasteiger partial charge in [0.2, 0.25) is 0 Å². The van der Waals surface area contributed by atoms with Crippen molar-refractivity contribution < 1.29 is 20.4 Å². The van der Waals surface area contributed by atoms with Gasteiger partial charge in [0.25, 0.3) is 0 Å². The summed E-state index contributed by atoms with van der Waals surface area (Å²) in [7, 11) is 0. The van der Waals surface area contributed by atoms with Gasteiger partial charge in [-0.15, -0.1) is 0 Å². The van der Waals surface area contributed by atoms with Crippen molar-refractivity contribution in [2.45, 2.75) is 50.7 Å². The van der Waals surface area contributed by atoms with Gasteiger partial charge in [-0.2, -0.15) is 0 Å². The summed E-state index contributed by atoms with van der Waals surface area (Å²) in [5.74, 6) is 0.0929. The summed E-state index contributed by atoms with van der Waals surface area (Å²) in [4.78, 5) is 4.67. The lowest BCUT2D eigenvalue weighted by molar-refractivity contribution is 0.163. The van der Waals surface area contributed by atoms with E-state index >= 15 is 0 Å². The molecule has 6 heteroatoms.